The number of carbonyl (C=O) groups excluding carboxylic acids is 1. The van der Waals surface area contributed by atoms with Crippen LogP contribution < -0.4 is 10.1 Å². The van der Waals surface area contributed by atoms with E-state index < -0.39 is 16.6 Å². The molecule has 126 valence electrons. The number of nitrogens with one attached hydrogen (secondary N) is 1. The fourth-order valence-corrected chi connectivity index (χ4v) is 2.35. The van der Waals surface area contributed by atoms with Crippen LogP contribution in [0.1, 0.15) is 26.3 Å². The highest BCUT2D eigenvalue weighted by Gasteiger charge is 2.25. The summed E-state index contributed by atoms with van der Waals surface area (Å²) in [5.74, 6) is -0.0704. The maximum Gasteiger partial charge on any atom is 0.413 e. The van der Waals surface area contributed by atoms with Crippen LogP contribution in [0.3, 0.4) is 0 Å². The molecular formula is C18H20N2O4. The summed E-state index contributed by atoms with van der Waals surface area (Å²) < 4.78 is 5.16. The van der Waals surface area contributed by atoms with Gasteiger partial charge in [0.2, 0.25) is 5.75 Å². The van der Waals surface area contributed by atoms with Gasteiger partial charge in [0.25, 0.3) is 0 Å². The van der Waals surface area contributed by atoms with Gasteiger partial charge in [0, 0.05) is 11.1 Å². The van der Waals surface area contributed by atoms with E-state index in [9.17, 15) is 14.9 Å². The topological polar surface area (TPSA) is 81.5 Å². The highest BCUT2D eigenvalue weighted by atomic mass is 16.6. The summed E-state index contributed by atoms with van der Waals surface area (Å²) in [7, 11) is 0. The first kappa shape index (κ1) is 17.5. The van der Waals surface area contributed by atoms with Crippen molar-refractivity contribution in [2.24, 2.45) is 0 Å². The Hall–Kier alpha value is -2.89. The molecule has 0 spiro atoms. The van der Waals surface area contributed by atoms with Crippen LogP contribution in [0, 0.1) is 17.0 Å². The van der Waals surface area contributed by atoms with E-state index in [1.807, 2.05) is 30.3 Å². The molecule has 2 aromatic carbocycles. The zero-order valence-corrected chi connectivity index (χ0v) is 14.1. The molecule has 24 heavy (non-hydrogen) atoms. The Labute approximate surface area is 140 Å². The molecule has 1 N–H and O–H groups in total. The monoisotopic (exact) mass is 328 g/mol. The van der Waals surface area contributed by atoms with Gasteiger partial charge in [-0.2, -0.15) is 0 Å². The molecule has 2 aromatic rings. The Bertz CT molecular complexity index is 765. The highest BCUT2D eigenvalue weighted by molar-refractivity contribution is 5.78. The predicted octanol–water partition coefficient (Wildman–Crippen LogP) is 4.46. The minimum Gasteiger partial charge on any atom is -0.403 e. The molecule has 0 aliphatic heterocycles. The quantitative estimate of drug-likeness (QED) is 0.666. The fourth-order valence-electron chi connectivity index (χ4n) is 2.35. The van der Waals surface area contributed by atoms with Gasteiger partial charge in [-0.3, -0.25) is 10.1 Å². The second-order valence-electron chi connectivity index (χ2n) is 6.47. The lowest BCUT2D eigenvalue weighted by atomic mass is 9.99. The number of hydrogen-bond acceptors (Lipinski definition) is 4. The molecule has 1 amide bonds. The van der Waals surface area contributed by atoms with E-state index in [0.29, 0.717) is 5.56 Å². The Balaban J connectivity index is 2.42. The van der Waals surface area contributed by atoms with Crippen molar-refractivity contribution in [3.63, 3.8) is 0 Å². The van der Waals surface area contributed by atoms with Crippen LogP contribution in [0.2, 0.25) is 0 Å². The number of carbonyl (C=O) groups is 1. The third-order valence-corrected chi connectivity index (χ3v) is 3.34. The molecule has 0 saturated carbocycles. The molecule has 0 unspecified atom stereocenters. The lowest BCUT2D eigenvalue weighted by Crippen LogP contribution is -2.42. The molecule has 6 heteroatoms. The lowest BCUT2D eigenvalue weighted by Gasteiger charge is -2.20. The van der Waals surface area contributed by atoms with Crippen LogP contribution in [0.5, 0.6) is 5.75 Å². The van der Waals surface area contributed by atoms with Gasteiger partial charge in [0.1, 0.15) is 0 Å². The molecule has 0 fully saturated rings. The average molecular weight is 328 g/mol. The van der Waals surface area contributed by atoms with Gasteiger partial charge in [-0.25, -0.2) is 4.79 Å². The van der Waals surface area contributed by atoms with Crippen molar-refractivity contribution in [2.45, 2.75) is 33.2 Å². The van der Waals surface area contributed by atoms with E-state index in [1.54, 1.807) is 33.8 Å². The number of nitrogens with zero attached hydrogens (tertiary/aromatic N) is 1. The molecule has 0 saturated heterocycles. The van der Waals surface area contributed by atoms with E-state index in [2.05, 4.69) is 5.32 Å². The lowest BCUT2D eigenvalue weighted by molar-refractivity contribution is -0.386. The largest absolute Gasteiger partial charge is 0.413 e. The van der Waals surface area contributed by atoms with Crippen LogP contribution in [0.4, 0.5) is 10.5 Å². The van der Waals surface area contributed by atoms with E-state index in [-0.39, 0.29) is 11.4 Å². The standard InChI is InChI=1S/C18H20N2O4/c1-12-14(13-8-6-5-7-9-13)10-11-15(16(12)20(22)23)24-17(21)19-18(2,3)4/h5-11H,1-4H3,(H,19,21). The van der Waals surface area contributed by atoms with Crippen molar-refractivity contribution in [2.75, 3.05) is 0 Å². The number of nitro benzene ring substituents is 1. The first-order chi connectivity index (χ1) is 11.2. The second-order valence-corrected chi connectivity index (χ2v) is 6.47. The van der Waals surface area contributed by atoms with Gasteiger partial charge >= 0.3 is 11.8 Å². The Morgan fingerprint density at radius 3 is 2.29 bits per heavy atom. The molecule has 0 atom stereocenters. The number of nitro groups is 1. The summed E-state index contributed by atoms with van der Waals surface area (Å²) >= 11 is 0. The summed E-state index contributed by atoms with van der Waals surface area (Å²) in [5, 5.41) is 14.1. The first-order valence-corrected chi connectivity index (χ1v) is 7.52. The van der Waals surface area contributed by atoms with Gasteiger partial charge < -0.3 is 10.1 Å². The molecule has 0 aliphatic rings. The van der Waals surface area contributed by atoms with Crippen LogP contribution in [0.25, 0.3) is 11.1 Å². The molecule has 0 aliphatic carbocycles. The Morgan fingerprint density at radius 1 is 1.12 bits per heavy atom. The molecule has 0 aromatic heterocycles. The maximum absolute atomic E-state index is 11.9. The number of ether oxygens (including phenoxy) is 1. The predicted molar refractivity (Wildman–Crippen MR) is 92.2 cm³/mol. The molecule has 0 bridgehead atoms. The van der Waals surface area contributed by atoms with Crippen LogP contribution in [-0.2, 0) is 0 Å². The highest BCUT2D eigenvalue weighted by Crippen LogP contribution is 2.37. The van der Waals surface area contributed by atoms with Gasteiger partial charge in [0.05, 0.1) is 4.92 Å². The number of hydrogen-bond donors (Lipinski definition) is 1. The fraction of sp³-hybridized carbons (Fsp3) is 0.278. The third-order valence-electron chi connectivity index (χ3n) is 3.34. The molecular weight excluding hydrogens is 308 g/mol. The minimum absolute atomic E-state index is 0.0704. The van der Waals surface area contributed by atoms with Crippen molar-refractivity contribution in [1.82, 2.24) is 5.32 Å². The van der Waals surface area contributed by atoms with Gasteiger partial charge in [-0.1, -0.05) is 30.3 Å². The average Bonchev–Trinajstić information content (AvgIpc) is 2.45. The second kappa shape index (κ2) is 6.70. The zero-order valence-electron chi connectivity index (χ0n) is 14.1. The summed E-state index contributed by atoms with van der Waals surface area (Å²) in [4.78, 5) is 22.9. The van der Waals surface area contributed by atoms with Crippen LogP contribution >= 0.6 is 0 Å². The maximum atomic E-state index is 11.9. The first-order valence-electron chi connectivity index (χ1n) is 7.52. The van der Waals surface area contributed by atoms with Crippen molar-refractivity contribution in [3.8, 4) is 16.9 Å². The number of rotatable bonds is 3. The number of amides is 1. The molecule has 0 radical (unpaired) electrons. The normalized spacial score (nSPS) is 11.0. The molecule has 0 heterocycles. The van der Waals surface area contributed by atoms with Crippen molar-refractivity contribution >= 4 is 11.8 Å². The molecule has 6 nitrogen and oxygen atoms in total. The van der Waals surface area contributed by atoms with Gasteiger partial charge in [-0.05, 0) is 51.0 Å². The van der Waals surface area contributed by atoms with Crippen LogP contribution in [0.15, 0.2) is 42.5 Å². The van der Waals surface area contributed by atoms with Crippen molar-refractivity contribution in [3.05, 3.63) is 58.1 Å². The van der Waals surface area contributed by atoms with E-state index in [4.69, 9.17) is 4.74 Å². The zero-order chi connectivity index (χ0) is 17.9. The Kier molecular flexibility index (Phi) is 4.87. The summed E-state index contributed by atoms with van der Waals surface area (Å²) in [6.45, 7) is 7.04. The summed E-state index contributed by atoms with van der Waals surface area (Å²) in [6, 6.07) is 12.5. The number of benzene rings is 2. The van der Waals surface area contributed by atoms with Gasteiger partial charge in [0.15, 0.2) is 0 Å². The summed E-state index contributed by atoms with van der Waals surface area (Å²) in [6.07, 6.45) is -0.725. The van der Waals surface area contributed by atoms with E-state index in [0.717, 1.165) is 11.1 Å². The smallest absolute Gasteiger partial charge is 0.403 e. The summed E-state index contributed by atoms with van der Waals surface area (Å²) in [5.41, 5.74) is 1.34. The van der Waals surface area contributed by atoms with Crippen molar-refractivity contribution in [1.29, 1.82) is 0 Å². The van der Waals surface area contributed by atoms with Gasteiger partial charge in [-0.15, -0.1) is 0 Å². The Morgan fingerprint density at radius 2 is 1.75 bits per heavy atom. The third kappa shape index (κ3) is 4.10. The van der Waals surface area contributed by atoms with E-state index >= 15 is 0 Å². The molecule has 2 rings (SSSR count). The SMILES string of the molecule is Cc1c(-c2ccccc2)ccc(OC(=O)NC(C)(C)C)c1[N+](=O)[O-]. The van der Waals surface area contributed by atoms with Crippen molar-refractivity contribution < 1.29 is 14.5 Å². The van der Waals surface area contributed by atoms with E-state index in [1.165, 1.54) is 6.07 Å². The minimum atomic E-state index is -0.725. The van der Waals surface area contributed by atoms with Crippen LogP contribution in [-0.4, -0.2) is 16.6 Å².